The number of nitrogens with zero attached hydrogens (tertiary/aromatic N) is 1. The molecule has 59 heavy (non-hydrogen) atoms. The topological polar surface area (TPSA) is 111 Å². The van der Waals surface area contributed by atoms with E-state index in [1.165, 1.54) is 96.3 Å². The number of carbonyl (C=O) groups excluding carboxylic acids is 2. The number of phosphoric ester groups is 1. The molecule has 0 heterocycles. The number of phosphoric acid groups is 1. The van der Waals surface area contributed by atoms with E-state index in [1.807, 2.05) is 27.2 Å². The van der Waals surface area contributed by atoms with Gasteiger partial charge in [-0.25, -0.2) is 0 Å². The second-order valence-corrected chi connectivity index (χ2v) is 18.2. The molecular formula is C49H88NO8P. The molecule has 0 saturated carbocycles. The Morgan fingerprint density at radius 3 is 1.42 bits per heavy atom. The molecule has 0 fully saturated rings. The van der Waals surface area contributed by atoms with Crippen LogP contribution in [0.1, 0.15) is 187 Å². The molecule has 0 aliphatic rings. The van der Waals surface area contributed by atoms with Crippen LogP contribution in [0.3, 0.4) is 0 Å². The maximum absolute atomic E-state index is 12.7. The summed E-state index contributed by atoms with van der Waals surface area (Å²) in [7, 11) is 1.13. The molecule has 0 N–H and O–H groups in total. The molecule has 0 amide bonds. The monoisotopic (exact) mass is 850 g/mol. The van der Waals surface area contributed by atoms with Crippen LogP contribution in [-0.4, -0.2) is 70.0 Å². The molecule has 0 radical (unpaired) electrons. The lowest BCUT2D eigenvalue weighted by Gasteiger charge is -2.28. The van der Waals surface area contributed by atoms with E-state index in [1.54, 1.807) is 0 Å². The van der Waals surface area contributed by atoms with E-state index >= 15 is 0 Å². The lowest BCUT2D eigenvalue weighted by Crippen LogP contribution is -2.37. The van der Waals surface area contributed by atoms with Gasteiger partial charge in [-0.2, -0.15) is 0 Å². The fourth-order valence-electron chi connectivity index (χ4n) is 6.16. The minimum absolute atomic E-state index is 0.0427. The minimum atomic E-state index is -4.64. The van der Waals surface area contributed by atoms with E-state index in [0.717, 1.165) is 51.4 Å². The second-order valence-electron chi connectivity index (χ2n) is 16.7. The summed E-state index contributed by atoms with van der Waals surface area (Å²) < 4.78 is 33.9. The average Bonchev–Trinajstić information content (AvgIpc) is 3.19. The number of hydrogen-bond acceptors (Lipinski definition) is 8. The van der Waals surface area contributed by atoms with Gasteiger partial charge >= 0.3 is 11.9 Å². The van der Waals surface area contributed by atoms with Crippen LogP contribution in [-0.2, 0) is 32.7 Å². The fourth-order valence-corrected chi connectivity index (χ4v) is 6.89. The van der Waals surface area contributed by atoms with Gasteiger partial charge < -0.3 is 27.9 Å². The average molecular weight is 850 g/mol. The zero-order chi connectivity index (χ0) is 43.6. The number of hydrogen-bond donors (Lipinski definition) is 0. The molecule has 0 spiro atoms. The summed E-state index contributed by atoms with van der Waals surface area (Å²) in [5.74, 6) is -0.900. The first kappa shape index (κ1) is 56.7. The first-order valence-electron chi connectivity index (χ1n) is 23.5. The van der Waals surface area contributed by atoms with Gasteiger partial charge in [-0.05, 0) is 51.4 Å². The Hall–Kier alpha value is -2.29. The third-order valence-electron chi connectivity index (χ3n) is 9.80. The highest BCUT2D eigenvalue weighted by atomic mass is 31.2. The predicted octanol–water partition coefficient (Wildman–Crippen LogP) is 13.0. The maximum atomic E-state index is 12.7. The van der Waals surface area contributed by atoms with Crippen LogP contribution >= 0.6 is 7.82 Å². The maximum Gasteiger partial charge on any atom is 0.306 e. The lowest BCUT2D eigenvalue weighted by molar-refractivity contribution is -0.870. The smallest absolute Gasteiger partial charge is 0.306 e. The second kappa shape index (κ2) is 41.1. The van der Waals surface area contributed by atoms with E-state index in [0.29, 0.717) is 23.9 Å². The summed E-state index contributed by atoms with van der Waals surface area (Å²) in [4.78, 5) is 37.6. The van der Waals surface area contributed by atoms with Gasteiger partial charge in [0.2, 0.25) is 0 Å². The summed E-state index contributed by atoms with van der Waals surface area (Å²) in [5, 5.41) is 0. The van der Waals surface area contributed by atoms with Crippen molar-refractivity contribution < 1.29 is 42.1 Å². The first-order valence-corrected chi connectivity index (χ1v) is 25.0. The Kier molecular flexibility index (Phi) is 39.5. The van der Waals surface area contributed by atoms with E-state index in [2.05, 4.69) is 68.5 Å². The standard InChI is InChI=1S/C49H88NO8P/c1-6-8-10-12-14-16-18-20-22-24-26-27-29-31-33-35-37-39-41-48(51)55-45-47(46-57-59(53,54)56-44-43-50(3,4)5)58-49(52)42-40-38-36-34-32-30-28-25-23-21-19-17-15-13-11-9-7-2/h9,11,15,17,21,23,28,30,34,36,47H,6-8,10,12-14,16,18-20,22,24-27,29,31-33,35,37-46H2,1-5H3/b11-9+,17-15+,23-21+,30-28+,36-34+/t47-/m1/s1. The Balaban J connectivity index is 4.39. The van der Waals surface area contributed by atoms with E-state index in [-0.39, 0.29) is 26.1 Å². The zero-order valence-electron chi connectivity index (χ0n) is 38.4. The molecule has 0 rings (SSSR count). The highest BCUT2D eigenvalue weighted by Gasteiger charge is 2.21. The molecule has 342 valence electrons. The molecule has 0 aromatic rings. The van der Waals surface area contributed by atoms with Crippen LogP contribution in [0, 0.1) is 0 Å². The predicted molar refractivity (Wildman–Crippen MR) is 245 cm³/mol. The van der Waals surface area contributed by atoms with Gasteiger partial charge in [-0.1, -0.05) is 184 Å². The van der Waals surface area contributed by atoms with Gasteiger partial charge in [0.15, 0.2) is 6.10 Å². The summed E-state index contributed by atoms with van der Waals surface area (Å²) in [6.45, 7) is 4.06. The molecule has 0 saturated heterocycles. The van der Waals surface area contributed by atoms with Gasteiger partial charge in [0.1, 0.15) is 19.8 Å². The van der Waals surface area contributed by atoms with Crippen LogP contribution in [0.2, 0.25) is 0 Å². The third kappa shape index (κ3) is 45.1. The van der Waals surface area contributed by atoms with Crippen LogP contribution in [0.4, 0.5) is 0 Å². The number of unbranched alkanes of at least 4 members (excludes halogenated alkanes) is 18. The molecule has 2 atom stereocenters. The highest BCUT2D eigenvalue weighted by Crippen LogP contribution is 2.38. The molecule has 0 aromatic heterocycles. The number of rotatable bonds is 42. The number of carbonyl (C=O) groups is 2. The van der Waals surface area contributed by atoms with Crippen LogP contribution < -0.4 is 4.89 Å². The lowest BCUT2D eigenvalue weighted by atomic mass is 10.0. The number of likely N-dealkylation sites (N-methyl/N-ethyl adjacent to an activating group) is 1. The summed E-state index contributed by atoms with van der Waals surface area (Å²) in [6.07, 6.45) is 49.7. The van der Waals surface area contributed by atoms with Crippen molar-refractivity contribution in [1.82, 2.24) is 0 Å². The van der Waals surface area contributed by atoms with Gasteiger partial charge in [0.25, 0.3) is 7.82 Å². The van der Waals surface area contributed by atoms with Crippen LogP contribution in [0.25, 0.3) is 0 Å². The van der Waals surface area contributed by atoms with Crippen LogP contribution in [0.15, 0.2) is 60.8 Å². The quantitative estimate of drug-likeness (QED) is 0.0196. The van der Waals surface area contributed by atoms with E-state index in [9.17, 15) is 19.0 Å². The molecule has 10 heteroatoms. The fraction of sp³-hybridized carbons (Fsp3) is 0.755. The molecule has 9 nitrogen and oxygen atoms in total. The largest absolute Gasteiger partial charge is 0.756 e. The summed E-state index contributed by atoms with van der Waals surface area (Å²) >= 11 is 0. The highest BCUT2D eigenvalue weighted by molar-refractivity contribution is 7.45. The Bertz CT molecular complexity index is 1190. The van der Waals surface area contributed by atoms with Gasteiger partial charge in [-0.3, -0.25) is 14.2 Å². The number of allylic oxidation sites excluding steroid dienone is 10. The minimum Gasteiger partial charge on any atom is -0.756 e. The molecule has 0 aliphatic carbocycles. The van der Waals surface area contributed by atoms with Crippen molar-refractivity contribution in [3.63, 3.8) is 0 Å². The summed E-state index contributed by atoms with van der Waals surface area (Å²) in [6, 6.07) is 0. The molecule has 0 bridgehead atoms. The number of ether oxygens (including phenoxy) is 2. The zero-order valence-corrected chi connectivity index (χ0v) is 39.3. The third-order valence-corrected chi connectivity index (χ3v) is 10.8. The van der Waals surface area contributed by atoms with Gasteiger partial charge in [0.05, 0.1) is 27.7 Å². The number of esters is 2. The molecule has 0 aromatic carbocycles. The van der Waals surface area contributed by atoms with Crippen molar-refractivity contribution in [2.24, 2.45) is 0 Å². The van der Waals surface area contributed by atoms with Crippen LogP contribution in [0.5, 0.6) is 0 Å². The molecule has 0 aliphatic heterocycles. The van der Waals surface area contributed by atoms with Crippen molar-refractivity contribution in [2.75, 3.05) is 47.5 Å². The van der Waals surface area contributed by atoms with Crippen molar-refractivity contribution in [3.8, 4) is 0 Å². The van der Waals surface area contributed by atoms with Gasteiger partial charge in [0, 0.05) is 12.8 Å². The Labute approximate surface area is 362 Å². The van der Waals surface area contributed by atoms with E-state index in [4.69, 9.17) is 18.5 Å². The normalized spacial score (nSPS) is 14.1. The van der Waals surface area contributed by atoms with Crippen molar-refractivity contribution in [2.45, 2.75) is 193 Å². The Morgan fingerprint density at radius 1 is 0.542 bits per heavy atom. The Morgan fingerprint density at radius 2 is 0.966 bits per heavy atom. The van der Waals surface area contributed by atoms with Crippen molar-refractivity contribution in [1.29, 1.82) is 0 Å². The first-order chi connectivity index (χ1) is 28.5. The van der Waals surface area contributed by atoms with Crippen molar-refractivity contribution in [3.05, 3.63) is 60.8 Å². The van der Waals surface area contributed by atoms with Gasteiger partial charge in [-0.15, -0.1) is 0 Å². The molecule has 1 unspecified atom stereocenters. The van der Waals surface area contributed by atoms with Crippen molar-refractivity contribution >= 4 is 19.8 Å². The SMILES string of the molecule is CC/C=C/C/C=C/C/C=C/C/C=C/C/C=C/CCCC(=O)O[C@H](COC(=O)CCCCCCCCCCCCCCCCCCCC)COP(=O)([O-])OCC[N+](C)(C)C. The number of quaternary nitrogens is 1. The van der Waals surface area contributed by atoms with E-state index < -0.39 is 32.5 Å². The summed E-state index contributed by atoms with van der Waals surface area (Å²) in [5.41, 5.74) is 0. The molecular weight excluding hydrogens is 762 g/mol.